The van der Waals surface area contributed by atoms with E-state index in [0.29, 0.717) is 11.5 Å². The van der Waals surface area contributed by atoms with Crippen LogP contribution in [0, 0.1) is 18.3 Å². The number of aromatic nitrogens is 3. The minimum atomic E-state index is 0.286. The van der Waals surface area contributed by atoms with Crippen LogP contribution in [0.15, 0.2) is 36.5 Å². The Labute approximate surface area is 110 Å². The lowest BCUT2D eigenvalue weighted by molar-refractivity contribution is 1.06. The fourth-order valence-electron chi connectivity index (χ4n) is 2.20. The summed E-state index contributed by atoms with van der Waals surface area (Å²) in [6, 6.07) is 11.9. The van der Waals surface area contributed by atoms with E-state index in [-0.39, 0.29) is 5.69 Å². The summed E-state index contributed by atoms with van der Waals surface area (Å²) in [5.74, 6) is 0.376. The van der Waals surface area contributed by atoms with Crippen LogP contribution in [0.4, 0.5) is 5.82 Å². The number of imidazole rings is 1. The number of nitrogen functional groups attached to an aromatic ring is 1. The molecule has 0 fully saturated rings. The van der Waals surface area contributed by atoms with Gasteiger partial charge in [-0.15, -0.1) is 0 Å². The van der Waals surface area contributed by atoms with Crippen LogP contribution >= 0.6 is 0 Å². The first-order chi connectivity index (χ1) is 9.20. The summed E-state index contributed by atoms with van der Waals surface area (Å²) in [4.78, 5) is 8.48. The fraction of sp³-hybridized carbons (Fsp3) is 0.0714. The lowest BCUT2D eigenvalue weighted by atomic mass is 10.1. The van der Waals surface area contributed by atoms with Crippen molar-refractivity contribution in [1.29, 1.82) is 5.26 Å². The predicted molar refractivity (Wildman–Crippen MR) is 72.3 cm³/mol. The van der Waals surface area contributed by atoms with E-state index in [1.807, 2.05) is 41.7 Å². The summed E-state index contributed by atoms with van der Waals surface area (Å²) in [6.07, 6.45) is 1.72. The van der Waals surface area contributed by atoms with Crippen LogP contribution in [0.1, 0.15) is 11.4 Å². The van der Waals surface area contributed by atoms with Crippen LogP contribution in [-0.2, 0) is 0 Å². The average Bonchev–Trinajstić information content (AvgIpc) is 2.80. The zero-order valence-corrected chi connectivity index (χ0v) is 10.3. The van der Waals surface area contributed by atoms with Gasteiger partial charge in [0.2, 0.25) is 0 Å². The number of fused-ring (bicyclic) bond motifs is 1. The van der Waals surface area contributed by atoms with Gasteiger partial charge in [-0.3, -0.25) is 4.40 Å². The van der Waals surface area contributed by atoms with Crippen LogP contribution in [0.2, 0.25) is 0 Å². The van der Waals surface area contributed by atoms with Crippen molar-refractivity contribution in [2.24, 2.45) is 0 Å². The first-order valence-corrected chi connectivity index (χ1v) is 5.81. The van der Waals surface area contributed by atoms with Gasteiger partial charge in [-0.1, -0.05) is 30.3 Å². The SMILES string of the molecule is Cc1nc(C#N)c2nc(N)cn2c1-c1ccccc1. The molecule has 0 atom stereocenters. The molecule has 0 amide bonds. The fourth-order valence-corrected chi connectivity index (χ4v) is 2.20. The number of aryl methyl sites for hydroxylation is 1. The number of benzene rings is 1. The van der Waals surface area contributed by atoms with Crippen LogP contribution in [0.3, 0.4) is 0 Å². The molecule has 0 spiro atoms. The minimum Gasteiger partial charge on any atom is -0.382 e. The molecule has 1 aromatic carbocycles. The topological polar surface area (TPSA) is 80.0 Å². The second-order valence-corrected chi connectivity index (χ2v) is 4.23. The van der Waals surface area contributed by atoms with Gasteiger partial charge in [0, 0.05) is 5.56 Å². The molecule has 5 nitrogen and oxygen atoms in total. The van der Waals surface area contributed by atoms with Gasteiger partial charge in [-0.05, 0) is 6.92 Å². The molecule has 3 rings (SSSR count). The molecule has 3 aromatic rings. The van der Waals surface area contributed by atoms with Gasteiger partial charge in [0.05, 0.1) is 17.6 Å². The molecule has 0 aliphatic rings. The number of hydrogen-bond acceptors (Lipinski definition) is 4. The second-order valence-electron chi connectivity index (χ2n) is 4.23. The number of nitrogens with two attached hydrogens (primary N) is 1. The molecule has 92 valence electrons. The molecule has 0 saturated carbocycles. The normalized spacial score (nSPS) is 10.5. The number of hydrogen-bond donors (Lipinski definition) is 1. The summed E-state index contributed by atoms with van der Waals surface area (Å²) < 4.78 is 1.82. The molecule has 2 aromatic heterocycles. The van der Waals surface area contributed by atoms with Crippen LogP contribution in [-0.4, -0.2) is 14.4 Å². The first kappa shape index (κ1) is 11.2. The summed E-state index contributed by atoms with van der Waals surface area (Å²) in [5.41, 5.74) is 9.20. The van der Waals surface area contributed by atoms with Crippen LogP contribution in [0.5, 0.6) is 0 Å². The molecule has 0 unspecified atom stereocenters. The summed E-state index contributed by atoms with van der Waals surface area (Å²) in [7, 11) is 0. The molecule has 0 bridgehead atoms. The molecule has 19 heavy (non-hydrogen) atoms. The highest BCUT2D eigenvalue weighted by Crippen LogP contribution is 2.25. The van der Waals surface area contributed by atoms with Gasteiger partial charge in [-0.2, -0.15) is 5.26 Å². The average molecular weight is 249 g/mol. The van der Waals surface area contributed by atoms with E-state index in [4.69, 9.17) is 11.0 Å². The molecular formula is C14H11N5. The Morgan fingerprint density at radius 3 is 2.63 bits per heavy atom. The Kier molecular flexibility index (Phi) is 2.43. The lowest BCUT2D eigenvalue weighted by Gasteiger charge is -2.09. The monoisotopic (exact) mass is 249 g/mol. The van der Waals surface area contributed by atoms with Gasteiger partial charge >= 0.3 is 0 Å². The maximum Gasteiger partial charge on any atom is 0.184 e. The largest absolute Gasteiger partial charge is 0.382 e. The van der Waals surface area contributed by atoms with E-state index in [1.54, 1.807) is 6.20 Å². The lowest BCUT2D eigenvalue weighted by Crippen LogP contribution is -2.01. The molecular weight excluding hydrogens is 238 g/mol. The first-order valence-electron chi connectivity index (χ1n) is 5.81. The van der Waals surface area contributed by atoms with Gasteiger partial charge in [0.25, 0.3) is 0 Å². The van der Waals surface area contributed by atoms with Crippen molar-refractivity contribution < 1.29 is 0 Å². The third kappa shape index (κ3) is 1.70. The Bertz CT molecular complexity index is 796. The van der Waals surface area contributed by atoms with E-state index >= 15 is 0 Å². The Balaban J connectivity index is 2.43. The smallest absolute Gasteiger partial charge is 0.184 e. The van der Waals surface area contributed by atoms with Crippen molar-refractivity contribution in [2.45, 2.75) is 6.92 Å². The number of anilines is 1. The maximum atomic E-state index is 9.12. The third-order valence-electron chi connectivity index (χ3n) is 2.95. The van der Waals surface area contributed by atoms with E-state index in [2.05, 4.69) is 16.0 Å². The van der Waals surface area contributed by atoms with Gasteiger partial charge in [0.1, 0.15) is 11.9 Å². The molecule has 2 heterocycles. The van der Waals surface area contributed by atoms with Crippen molar-refractivity contribution in [3.8, 4) is 17.3 Å². The van der Waals surface area contributed by atoms with Crippen molar-refractivity contribution in [1.82, 2.24) is 14.4 Å². The van der Waals surface area contributed by atoms with Crippen LogP contribution < -0.4 is 5.73 Å². The van der Waals surface area contributed by atoms with E-state index in [1.165, 1.54) is 0 Å². The Morgan fingerprint density at radius 1 is 1.21 bits per heavy atom. The zero-order valence-electron chi connectivity index (χ0n) is 10.3. The molecule has 5 heteroatoms. The number of nitrogens with zero attached hydrogens (tertiary/aromatic N) is 4. The molecule has 0 aliphatic carbocycles. The standard InChI is InChI=1S/C14H11N5/c1-9-13(10-5-3-2-4-6-10)19-8-12(16)18-14(19)11(7-15)17-9/h2-6,8H,16H2,1H3. The molecule has 0 saturated heterocycles. The highest BCUT2D eigenvalue weighted by molar-refractivity contribution is 5.69. The minimum absolute atomic E-state index is 0.286. The quantitative estimate of drug-likeness (QED) is 0.716. The molecule has 2 N–H and O–H groups in total. The van der Waals surface area contributed by atoms with E-state index in [9.17, 15) is 0 Å². The number of rotatable bonds is 1. The molecule has 0 aliphatic heterocycles. The van der Waals surface area contributed by atoms with Crippen molar-refractivity contribution in [3.05, 3.63) is 47.9 Å². The predicted octanol–water partition coefficient (Wildman–Crippen LogP) is 2.16. The highest BCUT2D eigenvalue weighted by Gasteiger charge is 2.14. The maximum absolute atomic E-state index is 9.12. The summed E-state index contributed by atoms with van der Waals surface area (Å²) >= 11 is 0. The van der Waals surface area contributed by atoms with E-state index in [0.717, 1.165) is 17.0 Å². The van der Waals surface area contributed by atoms with Gasteiger partial charge in [0.15, 0.2) is 11.3 Å². The van der Waals surface area contributed by atoms with E-state index < -0.39 is 0 Å². The second kappa shape index (κ2) is 4.10. The summed E-state index contributed by atoms with van der Waals surface area (Å²) in [5, 5.41) is 9.12. The van der Waals surface area contributed by atoms with Crippen LogP contribution in [0.25, 0.3) is 16.9 Å². The third-order valence-corrected chi connectivity index (χ3v) is 2.95. The highest BCUT2D eigenvalue weighted by atomic mass is 15.1. The number of nitriles is 1. The Hall–Kier alpha value is -2.87. The molecule has 0 radical (unpaired) electrons. The zero-order chi connectivity index (χ0) is 13.4. The van der Waals surface area contributed by atoms with Gasteiger partial charge < -0.3 is 5.73 Å². The Morgan fingerprint density at radius 2 is 1.95 bits per heavy atom. The van der Waals surface area contributed by atoms with Crippen molar-refractivity contribution >= 4 is 11.5 Å². The van der Waals surface area contributed by atoms with Gasteiger partial charge in [-0.25, -0.2) is 9.97 Å². The van der Waals surface area contributed by atoms with Crippen molar-refractivity contribution in [3.63, 3.8) is 0 Å². The van der Waals surface area contributed by atoms with Crippen molar-refractivity contribution in [2.75, 3.05) is 5.73 Å². The summed E-state index contributed by atoms with van der Waals surface area (Å²) in [6.45, 7) is 1.87.